The van der Waals surface area contributed by atoms with Gasteiger partial charge in [0.2, 0.25) is 0 Å². The van der Waals surface area contributed by atoms with Gasteiger partial charge in [0.1, 0.15) is 0 Å². The Kier molecular flexibility index (Phi) is 5.22. The van der Waals surface area contributed by atoms with Crippen molar-refractivity contribution in [2.45, 2.75) is 45.1 Å². The molecule has 0 aromatic carbocycles. The number of carbonyl (C=O) groups is 1. The zero-order valence-electron chi connectivity index (χ0n) is 10.5. The number of rotatable bonds is 6. The highest BCUT2D eigenvalue weighted by Gasteiger charge is 2.35. The summed E-state index contributed by atoms with van der Waals surface area (Å²) in [5.74, 6) is -0.690. The van der Waals surface area contributed by atoms with Crippen LogP contribution in [0.25, 0.3) is 0 Å². The van der Waals surface area contributed by atoms with E-state index in [4.69, 9.17) is 5.11 Å². The molecule has 0 amide bonds. The first-order valence-electron chi connectivity index (χ1n) is 6.31. The molecule has 1 aliphatic rings. The maximum absolute atomic E-state index is 10.9. The minimum absolute atomic E-state index is 0.162. The van der Waals surface area contributed by atoms with Gasteiger partial charge in [-0.1, -0.05) is 13.8 Å². The molecule has 0 aliphatic carbocycles. The van der Waals surface area contributed by atoms with E-state index in [2.05, 4.69) is 17.1 Å². The summed E-state index contributed by atoms with van der Waals surface area (Å²) in [5, 5.41) is 12.4. The van der Waals surface area contributed by atoms with Crippen molar-refractivity contribution in [1.82, 2.24) is 10.2 Å². The molecular formula is C12H24N2O2. The number of hydrogen-bond donors (Lipinski definition) is 2. The number of carboxylic acids is 1. The van der Waals surface area contributed by atoms with Crippen molar-refractivity contribution in [2.75, 3.05) is 26.2 Å². The molecule has 0 aromatic rings. The van der Waals surface area contributed by atoms with Gasteiger partial charge in [0.25, 0.3) is 0 Å². The number of hydrogen-bond acceptors (Lipinski definition) is 3. The quantitative estimate of drug-likeness (QED) is 0.720. The summed E-state index contributed by atoms with van der Waals surface area (Å²) in [6, 6.07) is 0. The monoisotopic (exact) mass is 228 g/mol. The first-order chi connectivity index (χ1) is 7.62. The second-order valence-electron chi connectivity index (χ2n) is 4.72. The molecular weight excluding hydrogens is 204 g/mol. The van der Waals surface area contributed by atoms with E-state index in [-0.39, 0.29) is 12.0 Å². The zero-order chi connectivity index (χ0) is 12.0. The van der Waals surface area contributed by atoms with Crippen LogP contribution >= 0.6 is 0 Å². The highest BCUT2D eigenvalue weighted by molar-refractivity contribution is 5.68. The number of carboxylic acid groups (broad SMARTS) is 1. The smallest absolute Gasteiger partial charge is 0.305 e. The van der Waals surface area contributed by atoms with Crippen LogP contribution in [0.15, 0.2) is 0 Å². The molecule has 4 nitrogen and oxygen atoms in total. The van der Waals surface area contributed by atoms with Crippen molar-refractivity contribution in [3.05, 3.63) is 0 Å². The lowest BCUT2D eigenvalue weighted by Gasteiger charge is -2.41. The molecule has 2 N–H and O–H groups in total. The van der Waals surface area contributed by atoms with E-state index in [1.807, 2.05) is 6.92 Å². The first kappa shape index (κ1) is 13.5. The van der Waals surface area contributed by atoms with Gasteiger partial charge in [-0.2, -0.15) is 0 Å². The largest absolute Gasteiger partial charge is 0.481 e. The van der Waals surface area contributed by atoms with Gasteiger partial charge in [-0.3, -0.25) is 4.79 Å². The molecule has 16 heavy (non-hydrogen) atoms. The minimum atomic E-state index is -0.690. The summed E-state index contributed by atoms with van der Waals surface area (Å²) in [4.78, 5) is 13.3. The summed E-state index contributed by atoms with van der Waals surface area (Å²) in [7, 11) is 0. The highest BCUT2D eigenvalue weighted by atomic mass is 16.4. The van der Waals surface area contributed by atoms with Gasteiger partial charge in [0.15, 0.2) is 0 Å². The molecule has 0 bridgehead atoms. The Morgan fingerprint density at radius 2 is 2.00 bits per heavy atom. The fourth-order valence-corrected chi connectivity index (χ4v) is 2.60. The van der Waals surface area contributed by atoms with Crippen LogP contribution in [0, 0.1) is 0 Å². The van der Waals surface area contributed by atoms with Crippen LogP contribution in [0.3, 0.4) is 0 Å². The number of piperidine rings is 1. The van der Waals surface area contributed by atoms with E-state index in [0.717, 1.165) is 39.0 Å². The van der Waals surface area contributed by atoms with Crippen LogP contribution in [-0.2, 0) is 4.79 Å². The fraction of sp³-hybridized carbons (Fsp3) is 0.917. The fourth-order valence-electron chi connectivity index (χ4n) is 2.60. The van der Waals surface area contributed by atoms with E-state index in [0.29, 0.717) is 0 Å². The lowest BCUT2D eigenvalue weighted by molar-refractivity contribution is -0.139. The molecule has 0 unspecified atom stereocenters. The standard InChI is InChI=1S/C12H24N2O2/c1-3-7-14-8-5-12(6-9-14,13-4-2)10-11(15)16/h13H,3-10H2,1-2H3,(H,15,16). The maximum atomic E-state index is 10.9. The lowest BCUT2D eigenvalue weighted by atomic mass is 9.84. The Morgan fingerprint density at radius 3 is 2.44 bits per heavy atom. The molecule has 4 heteroatoms. The summed E-state index contributed by atoms with van der Waals surface area (Å²) in [6.45, 7) is 8.25. The second-order valence-corrected chi connectivity index (χ2v) is 4.72. The van der Waals surface area contributed by atoms with Crippen molar-refractivity contribution in [1.29, 1.82) is 0 Å². The van der Waals surface area contributed by atoms with E-state index in [1.54, 1.807) is 0 Å². The third-order valence-electron chi connectivity index (χ3n) is 3.39. The third-order valence-corrected chi connectivity index (χ3v) is 3.39. The zero-order valence-corrected chi connectivity index (χ0v) is 10.5. The number of nitrogens with zero attached hydrogens (tertiary/aromatic N) is 1. The molecule has 1 rings (SSSR count). The summed E-state index contributed by atoms with van der Waals surface area (Å²) in [6.07, 6.45) is 3.33. The van der Waals surface area contributed by atoms with Crippen LogP contribution in [-0.4, -0.2) is 47.7 Å². The molecule has 0 spiro atoms. The lowest BCUT2D eigenvalue weighted by Crippen LogP contribution is -2.54. The van der Waals surface area contributed by atoms with E-state index >= 15 is 0 Å². The predicted molar refractivity (Wildman–Crippen MR) is 64.6 cm³/mol. The number of likely N-dealkylation sites (tertiary alicyclic amines) is 1. The van der Waals surface area contributed by atoms with Crippen LogP contribution in [0.2, 0.25) is 0 Å². The van der Waals surface area contributed by atoms with Gasteiger partial charge in [-0.05, 0) is 45.4 Å². The Bertz CT molecular complexity index is 223. The average molecular weight is 228 g/mol. The molecule has 94 valence electrons. The summed E-state index contributed by atoms with van der Waals surface area (Å²) in [5.41, 5.74) is -0.162. The Morgan fingerprint density at radius 1 is 1.38 bits per heavy atom. The van der Waals surface area contributed by atoms with Crippen molar-refractivity contribution in [3.63, 3.8) is 0 Å². The Balaban J connectivity index is 2.51. The molecule has 1 aliphatic heterocycles. The number of nitrogens with one attached hydrogen (secondary N) is 1. The van der Waals surface area contributed by atoms with Crippen molar-refractivity contribution >= 4 is 5.97 Å². The van der Waals surface area contributed by atoms with Crippen LogP contribution in [0.4, 0.5) is 0 Å². The Hall–Kier alpha value is -0.610. The predicted octanol–water partition coefficient (Wildman–Crippen LogP) is 1.32. The van der Waals surface area contributed by atoms with Crippen LogP contribution in [0.5, 0.6) is 0 Å². The van der Waals surface area contributed by atoms with Crippen LogP contribution < -0.4 is 5.32 Å². The van der Waals surface area contributed by atoms with E-state index < -0.39 is 5.97 Å². The molecule has 1 heterocycles. The van der Waals surface area contributed by atoms with E-state index in [1.165, 1.54) is 6.42 Å². The van der Waals surface area contributed by atoms with Gasteiger partial charge >= 0.3 is 5.97 Å². The average Bonchev–Trinajstić information content (AvgIpc) is 2.21. The highest BCUT2D eigenvalue weighted by Crippen LogP contribution is 2.25. The van der Waals surface area contributed by atoms with Gasteiger partial charge < -0.3 is 15.3 Å². The van der Waals surface area contributed by atoms with Gasteiger partial charge in [-0.15, -0.1) is 0 Å². The van der Waals surface area contributed by atoms with Gasteiger partial charge in [-0.25, -0.2) is 0 Å². The van der Waals surface area contributed by atoms with Crippen molar-refractivity contribution in [2.24, 2.45) is 0 Å². The molecule has 0 atom stereocenters. The minimum Gasteiger partial charge on any atom is -0.481 e. The normalized spacial score (nSPS) is 20.9. The number of aliphatic carboxylic acids is 1. The van der Waals surface area contributed by atoms with Crippen LogP contribution in [0.1, 0.15) is 39.5 Å². The van der Waals surface area contributed by atoms with Gasteiger partial charge in [0, 0.05) is 5.54 Å². The first-order valence-corrected chi connectivity index (χ1v) is 6.31. The maximum Gasteiger partial charge on any atom is 0.305 e. The molecule has 0 saturated carbocycles. The molecule has 1 fully saturated rings. The molecule has 0 aromatic heterocycles. The van der Waals surface area contributed by atoms with E-state index in [9.17, 15) is 4.79 Å². The molecule has 0 radical (unpaired) electrons. The second kappa shape index (κ2) is 6.21. The van der Waals surface area contributed by atoms with Crippen molar-refractivity contribution in [3.8, 4) is 0 Å². The summed E-state index contributed by atoms with van der Waals surface area (Å²) < 4.78 is 0. The SMILES string of the molecule is CCCN1CCC(CC(=O)O)(NCC)CC1. The Labute approximate surface area is 98.0 Å². The van der Waals surface area contributed by atoms with Crippen molar-refractivity contribution < 1.29 is 9.90 Å². The summed E-state index contributed by atoms with van der Waals surface area (Å²) >= 11 is 0. The third kappa shape index (κ3) is 3.76. The topological polar surface area (TPSA) is 52.6 Å². The van der Waals surface area contributed by atoms with Gasteiger partial charge in [0.05, 0.1) is 6.42 Å². The molecule has 1 saturated heterocycles.